The van der Waals surface area contributed by atoms with Crippen LogP contribution in [-0.4, -0.2) is 41.2 Å². The van der Waals surface area contributed by atoms with Gasteiger partial charge in [-0.25, -0.2) is 0 Å². The Labute approximate surface area is 169 Å². The summed E-state index contributed by atoms with van der Waals surface area (Å²) in [6, 6.07) is 17.1. The largest absolute Gasteiger partial charge is 0.497 e. The molecule has 7 heteroatoms. The summed E-state index contributed by atoms with van der Waals surface area (Å²) in [6.45, 7) is 1.10. The highest BCUT2D eigenvalue weighted by Gasteiger charge is 2.34. The standard InChI is InChI=1S/C22H23N3O4/c1-27-18-10-5-9-17(13-18)21-23-22(29-24-21)19-11-6-12-25(19)20(26)15-28-14-16-7-3-2-4-8-16/h2-5,7-10,13,19H,6,11-12,14-15H2,1H3/t19-/m1/s1. The first-order valence-electron chi connectivity index (χ1n) is 9.64. The zero-order chi connectivity index (χ0) is 20.1. The van der Waals surface area contributed by atoms with Gasteiger partial charge in [-0.05, 0) is 30.5 Å². The highest BCUT2D eigenvalue weighted by Crippen LogP contribution is 2.32. The van der Waals surface area contributed by atoms with E-state index < -0.39 is 0 Å². The van der Waals surface area contributed by atoms with Gasteiger partial charge in [0.2, 0.25) is 17.6 Å². The number of benzene rings is 2. The fourth-order valence-electron chi connectivity index (χ4n) is 3.49. The molecular weight excluding hydrogens is 370 g/mol. The summed E-state index contributed by atoms with van der Waals surface area (Å²) < 4.78 is 16.3. The summed E-state index contributed by atoms with van der Waals surface area (Å²) in [7, 11) is 1.61. The molecule has 1 fully saturated rings. The molecule has 0 unspecified atom stereocenters. The lowest BCUT2D eigenvalue weighted by molar-refractivity contribution is -0.138. The lowest BCUT2D eigenvalue weighted by Gasteiger charge is -2.21. The maximum Gasteiger partial charge on any atom is 0.249 e. The number of likely N-dealkylation sites (tertiary alicyclic amines) is 1. The Morgan fingerprint density at radius 1 is 1.21 bits per heavy atom. The number of methoxy groups -OCH3 is 1. The number of hydrogen-bond donors (Lipinski definition) is 0. The Hall–Kier alpha value is -3.19. The van der Waals surface area contributed by atoms with Crippen LogP contribution in [0.4, 0.5) is 0 Å². The van der Waals surface area contributed by atoms with Crippen molar-refractivity contribution in [1.29, 1.82) is 0 Å². The fraction of sp³-hybridized carbons (Fsp3) is 0.318. The molecule has 1 saturated heterocycles. The maximum absolute atomic E-state index is 12.7. The molecule has 150 valence electrons. The van der Waals surface area contributed by atoms with Gasteiger partial charge in [-0.3, -0.25) is 4.79 Å². The number of carbonyl (C=O) groups excluding carboxylic acids is 1. The van der Waals surface area contributed by atoms with Crippen molar-refractivity contribution in [1.82, 2.24) is 15.0 Å². The molecule has 29 heavy (non-hydrogen) atoms. The molecule has 0 N–H and O–H groups in total. The van der Waals surface area contributed by atoms with Gasteiger partial charge in [-0.1, -0.05) is 47.6 Å². The number of nitrogens with zero attached hydrogens (tertiary/aromatic N) is 3. The molecule has 0 spiro atoms. The summed E-state index contributed by atoms with van der Waals surface area (Å²) in [5.41, 5.74) is 1.85. The average Bonchev–Trinajstić information content (AvgIpc) is 3.44. The van der Waals surface area contributed by atoms with Crippen molar-refractivity contribution in [3.8, 4) is 17.1 Å². The zero-order valence-corrected chi connectivity index (χ0v) is 16.3. The van der Waals surface area contributed by atoms with Crippen molar-refractivity contribution in [3.05, 3.63) is 66.1 Å². The monoisotopic (exact) mass is 393 g/mol. The lowest BCUT2D eigenvalue weighted by Crippen LogP contribution is -2.33. The second-order valence-corrected chi connectivity index (χ2v) is 6.91. The van der Waals surface area contributed by atoms with E-state index in [0.717, 1.165) is 29.7 Å². The minimum atomic E-state index is -0.213. The predicted octanol–water partition coefficient (Wildman–Crippen LogP) is 3.63. The third-order valence-corrected chi connectivity index (χ3v) is 4.96. The van der Waals surface area contributed by atoms with Crippen molar-refractivity contribution in [2.45, 2.75) is 25.5 Å². The van der Waals surface area contributed by atoms with Gasteiger partial charge in [0.1, 0.15) is 18.4 Å². The highest BCUT2D eigenvalue weighted by atomic mass is 16.5. The number of rotatable bonds is 7. The second-order valence-electron chi connectivity index (χ2n) is 6.91. The molecule has 1 atom stereocenters. The van der Waals surface area contributed by atoms with Gasteiger partial charge in [-0.15, -0.1) is 0 Å². The molecule has 2 heterocycles. The predicted molar refractivity (Wildman–Crippen MR) is 106 cm³/mol. The Kier molecular flexibility index (Phi) is 5.86. The topological polar surface area (TPSA) is 77.7 Å². The number of aromatic nitrogens is 2. The summed E-state index contributed by atoms with van der Waals surface area (Å²) >= 11 is 0. The fourth-order valence-corrected chi connectivity index (χ4v) is 3.49. The van der Waals surface area contributed by atoms with E-state index in [2.05, 4.69) is 10.1 Å². The third-order valence-electron chi connectivity index (χ3n) is 4.96. The van der Waals surface area contributed by atoms with Crippen molar-refractivity contribution in [3.63, 3.8) is 0 Å². The van der Waals surface area contributed by atoms with E-state index in [-0.39, 0.29) is 18.6 Å². The molecular formula is C22H23N3O4. The lowest BCUT2D eigenvalue weighted by atomic mass is 10.2. The molecule has 3 aromatic rings. The van der Waals surface area contributed by atoms with Gasteiger partial charge in [0.25, 0.3) is 0 Å². The van der Waals surface area contributed by atoms with Gasteiger partial charge < -0.3 is 18.9 Å². The van der Waals surface area contributed by atoms with E-state index in [1.807, 2.05) is 54.6 Å². The van der Waals surface area contributed by atoms with E-state index >= 15 is 0 Å². The van der Waals surface area contributed by atoms with Crippen LogP contribution in [0.1, 0.15) is 30.3 Å². The van der Waals surface area contributed by atoms with E-state index in [4.69, 9.17) is 14.0 Å². The molecule has 2 aromatic carbocycles. The van der Waals surface area contributed by atoms with Gasteiger partial charge in [0.15, 0.2) is 0 Å². The first-order chi connectivity index (χ1) is 14.2. The van der Waals surface area contributed by atoms with Gasteiger partial charge in [0.05, 0.1) is 13.7 Å². The molecule has 1 aromatic heterocycles. The van der Waals surface area contributed by atoms with Crippen LogP contribution in [0, 0.1) is 0 Å². The summed E-state index contributed by atoms with van der Waals surface area (Å²) in [5.74, 6) is 1.60. The number of hydrogen-bond acceptors (Lipinski definition) is 6. The van der Waals surface area contributed by atoms with E-state index in [1.54, 1.807) is 12.0 Å². The van der Waals surface area contributed by atoms with E-state index in [9.17, 15) is 4.79 Å². The Bertz CT molecular complexity index is 957. The smallest absolute Gasteiger partial charge is 0.249 e. The Morgan fingerprint density at radius 3 is 2.90 bits per heavy atom. The van der Waals surface area contributed by atoms with Crippen molar-refractivity contribution in [2.24, 2.45) is 0 Å². The molecule has 1 aliphatic rings. The van der Waals surface area contributed by atoms with Crippen LogP contribution in [0.5, 0.6) is 5.75 Å². The molecule has 0 saturated carbocycles. The number of ether oxygens (including phenoxy) is 2. The van der Waals surface area contributed by atoms with Crippen LogP contribution < -0.4 is 4.74 Å². The summed E-state index contributed by atoms with van der Waals surface area (Å²) in [6.07, 6.45) is 1.69. The average molecular weight is 393 g/mol. The first-order valence-corrected chi connectivity index (χ1v) is 9.64. The molecule has 4 rings (SSSR count). The second kappa shape index (κ2) is 8.87. The van der Waals surface area contributed by atoms with Crippen LogP contribution in [0.3, 0.4) is 0 Å². The van der Waals surface area contributed by atoms with Gasteiger partial charge >= 0.3 is 0 Å². The van der Waals surface area contributed by atoms with Crippen molar-refractivity contribution < 1.29 is 18.8 Å². The normalized spacial score (nSPS) is 16.2. The molecule has 0 radical (unpaired) electrons. The molecule has 1 amide bonds. The molecule has 1 aliphatic heterocycles. The zero-order valence-electron chi connectivity index (χ0n) is 16.3. The quantitative estimate of drug-likeness (QED) is 0.610. The number of carbonyl (C=O) groups is 1. The summed E-state index contributed by atoms with van der Waals surface area (Å²) in [4.78, 5) is 19.0. The molecule has 0 aliphatic carbocycles. The van der Waals surface area contributed by atoms with Crippen LogP contribution in [-0.2, 0) is 16.1 Å². The van der Waals surface area contributed by atoms with Crippen LogP contribution in [0.25, 0.3) is 11.4 Å². The van der Waals surface area contributed by atoms with E-state index in [0.29, 0.717) is 24.9 Å². The SMILES string of the molecule is COc1cccc(-c2noc([C@H]3CCCN3C(=O)COCc3ccccc3)n2)c1. The first kappa shape index (κ1) is 19.1. The van der Waals surface area contributed by atoms with Gasteiger partial charge in [0, 0.05) is 12.1 Å². The minimum Gasteiger partial charge on any atom is -0.497 e. The highest BCUT2D eigenvalue weighted by molar-refractivity contribution is 5.78. The third kappa shape index (κ3) is 4.46. The van der Waals surface area contributed by atoms with Crippen LogP contribution in [0.15, 0.2) is 59.1 Å². The van der Waals surface area contributed by atoms with Crippen molar-refractivity contribution in [2.75, 3.05) is 20.3 Å². The Balaban J connectivity index is 1.40. The Morgan fingerprint density at radius 2 is 2.07 bits per heavy atom. The minimum absolute atomic E-state index is 0.0300. The molecule has 0 bridgehead atoms. The maximum atomic E-state index is 12.7. The van der Waals surface area contributed by atoms with Gasteiger partial charge in [-0.2, -0.15) is 4.98 Å². The summed E-state index contributed by atoms with van der Waals surface area (Å²) in [5, 5.41) is 4.09. The van der Waals surface area contributed by atoms with Crippen molar-refractivity contribution >= 4 is 5.91 Å². The van der Waals surface area contributed by atoms with E-state index in [1.165, 1.54) is 0 Å². The van der Waals surface area contributed by atoms with Crippen LogP contribution in [0.2, 0.25) is 0 Å². The molecule has 7 nitrogen and oxygen atoms in total. The number of amides is 1. The van der Waals surface area contributed by atoms with Crippen LogP contribution >= 0.6 is 0 Å².